The fourth-order valence-electron chi connectivity index (χ4n) is 2.17. The van der Waals surface area contributed by atoms with Crippen molar-refractivity contribution < 1.29 is 0 Å². The molecule has 0 aliphatic heterocycles. The molecule has 2 aromatic rings. The second kappa shape index (κ2) is 9.33. The molecule has 0 bridgehead atoms. The van der Waals surface area contributed by atoms with E-state index in [1.165, 1.54) is 5.56 Å². The molecule has 1 heterocycles. The van der Waals surface area contributed by atoms with Gasteiger partial charge in [0.2, 0.25) is 5.95 Å². The molecule has 0 amide bonds. The van der Waals surface area contributed by atoms with Gasteiger partial charge < -0.3 is 15.5 Å². The summed E-state index contributed by atoms with van der Waals surface area (Å²) in [4.78, 5) is 10.9. The third kappa shape index (κ3) is 6.84. The lowest BCUT2D eigenvalue weighted by molar-refractivity contribution is 0.405. The Bertz CT molecular complexity index is 603. The molecule has 0 saturated heterocycles. The van der Waals surface area contributed by atoms with Gasteiger partial charge in [-0.25, -0.2) is 4.98 Å². The predicted octanol–water partition coefficient (Wildman–Crippen LogP) is 3.15. The molecule has 6 heteroatoms. The molecule has 5 nitrogen and oxygen atoms in total. The molecule has 0 saturated carbocycles. The molecule has 0 fully saturated rings. The maximum atomic E-state index is 5.99. The topological polar surface area (TPSA) is 53.1 Å². The summed E-state index contributed by atoms with van der Waals surface area (Å²) in [6.07, 6.45) is 3.72. The number of rotatable bonds is 9. The van der Waals surface area contributed by atoms with Crippen LogP contribution in [0.5, 0.6) is 0 Å². The number of nitrogens with one attached hydrogen (secondary N) is 2. The molecule has 1 aromatic heterocycles. The van der Waals surface area contributed by atoms with Gasteiger partial charge in [-0.05, 0) is 57.2 Å². The minimum atomic E-state index is 0.663. The van der Waals surface area contributed by atoms with Crippen LogP contribution in [-0.2, 0) is 6.42 Å². The van der Waals surface area contributed by atoms with Crippen LogP contribution in [0.15, 0.2) is 36.5 Å². The van der Waals surface area contributed by atoms with Gasteiger partial charge >= 0.3 is 0 Å². The molecular formula is C17H24ClN5. The fourth-order valence-corrected chi connectivity index (χ4v) is 2.38. The van der Waals surface area contributed by atoms with Gasteiger partial charge in [0.1, 0.15) is 5.82 Å². The molecule has 23 heavy (non-hydrogen) atoms. The molecule has 0 aliphatic carbocycles. The van der Waals surface area contributed by atoms with Crippen molar-refractivity contribution in [1.82, 2.24) is 14.9 Å². The van der Waals surface area contributed by atoms with Crippen molar-refractivity contribution in [2.24, 2.45) is 0 Å². The summed E-state index contributed by atoms with van der Waals surface area (Å²) in [6.45, 7) is 2.71. The molecule has 1 aromatic carbocycles. The van der Waals surface area contributed by atoms with E-state index in [1.807, 2.05) is 24.3 Å². The Labute approximate surface area is 143 Å². The Morgan fingerprint density at radius 3 is 2.78 bits per heavy atom. The van der Waals surface area contributed by atoms with Gasteiger partial charge in [-0.15, -0.1) is 0 Å². The Morgan fingerprint density at radius 1 is 1.13 bits per heavy atom. The monoisotopic (exact) mass is 333 g/mol. The molecule has 0 spiro atoms. The number of anilines is 2. The van der Waals surface area contributed by atoms with Gasteiger partial charge in [0.25, 0.3) is 0 Å². The number of hydrogen-bond donors (Lipinski definition) is 2. The molecule has 0 unspecified atom stereocenters. The lowest BCUT2D eigenvalue weighted by atomic mass is 10.1. The van der Waals surface area contributed by atoms with Crippen LogP contribution in [0.3, 0.4) is 0 Å². The summed E-state index contributed by atoms with van der Waals surface area (Å²) in [7, 11) is 4.14. The van der Waals surface area contributed by atoms with Crippen LogP contribution in [0.1, 0.15) is 12.0 Å². The van der Waals surface area contributed by atoms with Crippen molar-refractivity contribution in [3.05, 3.63) is 47.1 Å². The number of benzene rings is 1. The molecule has 0 atom stereocenters. The first kappa shape index (κ1) is 17.5. The van der Waals surface area contributed by atoms with Gasteiger partial charge in [0.15, 0.2) is 0 Å². The average molecular weight is 334 g/mol. The van der Waals surface area contributed by atoms with E-state index in [9.17, 15) is 0 Å². The molecule has 2 N–H and O–H groups in total. The van der Waals surface area contributed by atoms with E-state index < -0.39 is 0 Å². The second-order valence-corrected chi connectivity index (χ2v) is 6.09. The second-order valence-electron chi connectivity index (χ2n) is 5.66. The first-order valence-corrected chi connectivity index (χ1v) is 8.21. The highest BCUT2D eigenvalue weighted by Crippen LogP contribution is 2.11. The minimum absolute atomic E-state index is 0.663. The number of aromatic nitrogens is 2. The van der Waals surface area contributed by atoms with Crippen LogP contribution in [0.25, 0.3) is 0 Å². The Morgan fingerprint density at radius 2 is 2.00 bits per heavy atom. The van der Waals surface area contributed by atoms with Crippen LogP contribution in [0, 0.1) is 0 Å². The van der Waals surface area contributed by atoms with Gasteiger partial charge in [0.05, 0.1) is 0 Å². The van der Waals surface area contributed by atoms with E-state index in [2.05, 4.69) is 45.7 Å². The smallest absolute Gasteiger partial charge is 0.224 e. The third-order valence-electron chi connectivity index (χ3n) is 3.33. The standard InChI is InChI=1S/C17H24ClN5/c1-23(2)12-4-9-20-17-21-11-8-16(22-17)19-10-7-14-5-3-6-15(18)13-14/h3,5-6,8,11,13H,4,7,9-10,12H2,1-2H3,(H2,19,20,21,22). The zero-order valence-electron chi connectivity index (χ0n) is 13.7. The molecule has 0 radical (unpaired) electrons. The highest BCUT2D eigenvalue weighted by Gasteiger charge is 2.00. The Balaban J connectivity index is 1.76. The first-order valence-electron chi connectivity index (χ1n) is 7.83. The molecule has 0 aliphatic rings. The minimum Gasteiger partial charge on any atom is -0.370 e. The van der Waals surface area contributed by atoms with Gasteiger partial charge in [-0.1, -0.05) is 23.7 Å². The van der Waals surface area contributed by atoms with Crippen molar-refractivity contribution in [3.8, 4) is 0 Å². The van der Waals surface area contributed by atoms with Crippen molar-refractivity contribution in [2.45, 2.75) is 12.8 Å². The van der Waals surface area contributed by atoms with E-state index in [-0.39, 0.29) is 0 Å². The van der Waals surface area contributed by atoms with E-state index in [0.29, 0.717) is 5.95 Å². The summed E-state index contributed by atoms with van der Waals surface area (Å²) in [5.74, 6) is 1.49. The largest absolute Gasteiger partial charge is 0.370 e. The summed E-state index contributed by atoms with van der Waals surface area (Å²) >= 11 is 5.99. The van der Waals surface area contributed by atoms with Gasteiger partial charge in [0, 0.05) is 24.3 Å². The van der Waals surface area contributed by atoms with Crippen LogP contribution >= 0.6 is 11.6 Å². The average Bonchev–Trinajstić information content (AvgIpc) is 2.52. The van der Waals surface area contributed by atoms with E-state index >= 15 is 0 Å². The van der Waals surface area contributed by atoms with Gasteiger partial charge in [-0.2, -0.15) is 4.98 Å². The fraction of sp³-hybridized carbons (Fsp3) is 0.412. The summed E-state index contributed by atoms with van der Waals surface area (Å²) < 4.78 is 0. The quantitative estimate of drug-likeness (QED) is 0.690. The van der Waals surface area contributed by atoms with Crippen LogP contribution in [0.2, 0.25) is 5.02 Å². The highest BCUT2D eigenvalue weighted by molar-refractivity contribution is 6.30. The lowest BCUT2D eigenvalue weighted by Gasteiger charge is -2.11. The van der Waals surface area contributed by atoms with Crippen LogP contribution in [0.4, 0.5) is 11.8 Å². The number of hydrogen-bond acceptors (Lipinski definition) is 5. The zero-order valence-corrected chi connectivity index (χ0v) is 14.5. The first-order chi connectivity index (χ1) is 11.1. The van der Waals surface area contributed by atoms with E-state index in [0.717, 1.165) is 43.3 Å². The van der Waals surface area contributed by atoms with Crippen molar-refractivity contribution in [2.75, 3.05) is 44.4 Å². The van der Waals surface area contributed by atoms with Crippen LogP contribution in [-0.4, -0.2) is 48.6 Å². The maximum absolute atomic E-state index is 5.99. The molecule has 2 rings (SSSR count). The van der Waals surface area contributed by atoms with Gasteiger partial charge in [-0.3, -0.25) is 0 Å². The molecular weight excluding hydrogens is 310 g/mol. The zero-order chi connectivity index (χ0) is 16.5. The van der Waals surface area contributed by atoms with Crippen molar-refractivity contribution in [3.63, 3.8) is 0 Å². The molecule has 124 valence electrons. The van der Waals surface area contributed by atoms with Crippen molar-refractivity contribution in [1.29, 1.82) is 0 Å². The highest BCUT2D eigenvalue weighted by atomic mass is 35.5. The SMILES string of the molecule is CN(C)CCCNc1nccc(NCCc2cccc(Cl)c2)n1. The maximum Gasteiger partial charge on any atom is 0.224 e. The Hall–Kier alpha value is -1.85. The third-order valence-corrected chi connectivity index (χ3v) is 3.56. The number of halogens is 1. The van der Waals surface area contributed by atoms with E-state index in [1.54, 1.807) is 6.20 Å². The van der Waals surface area contributed by atoms with Crippen molar-refractivity contribution >= 4 is 23.4 Å². The summed E-state index contributed by atoms with van der Waals surface area (Å²) in [5.41, 5.74) is 1.21. The summed E-state index contributed by atoms with van der Waals surface area (Å²) in [6, 6.07) is 9.80. The Kier molecular flexibility index (Phi) is 7.10. The predicted molar refractivity (Wildman–Crippen MR) is 97.3 cm³/mol. The van der Waals surface area contributed by atoms with Crippen LogP contribution < -0.4 is 10.6 Å². The summed E-state index contributed by atoms with van der Waals surface area (Å²) in [5, 5.41) is 7.34. The lowest BCUT2D eigenvalue weighted by Crippen LogP contribution is -2.17. The van der Waals surface area contributed by atoms with E-state index in [4.69, 9.17) is 11.6 Å². The number of nitrogens with zero attached hydrogens (tertiary/aromatic N) is 3. The normalized spacial score (nSPS) is 10.8.